The summed E-state index contributed by atoms with van der Waals surface area (Å²) in [4.78, 5) is 30.1. The summed E-state index contributed by atoms with van der Waals surface area (Å²) >= 11 is 0. The number of nitriles is 1. The molecule has 2 aliphatic heterocycles. The number of nitrogens with zero attached hydrogens (tertiary/aromatic N) is 3. The zero-order valence-electron chi connectivity index (χ0n) is 21.2. The number of ether oxygens (including phenoxy) is 3. The van der Waals surface area contributed by atoms with Gasteiger partial charge in [-0.05, 0) is 37.0 Å². The summed E-state index contributed by atoms with van der Waals surface area (Å²) in [6, 6.07) is 16.5. The van der Waals surface area contributed by atoms with Gasteiger partial charge in [-0.15, -0.1) is 0 Å². The number of carbonyl (C=O) groups is 2. The number of nitrogens with two attached hydrogens (primary N) is 1. The molecule has 0 spiro atoms. The number of piperidine rings is 1. The number of anilines is 2. The molecule has 2 aliphatic rings. The summed E-state index contributed by atoms with van der Waals surface area (Å²) in [6.45, 7) is 1.83. The van der Waals surface area contributed by atoms with Gasteiger partial charge in [-0.25, -0.2) is 9.59 Å². The molecular formula is C28H30N4O5. The third kappa shape index (κ3) is 4.70. The lowest BCUT2D eigenvalue weighted by atomic mass is 9.81. The summed E-state index contributed by atoms with van der Waals surface area (Å²) in [7, 11) is 4.02. The molecule has 1 fully saturated rings. The first-order valence-electron chi connectivity index (χ1n) is 12.0. The van der Waals surface area contributed by atoms with Gasteiger partial charge in [0.1, 0.15) is 17.3 Å². The fraction of sp³-hybridized carbons (Fsp3) is 0.321. The number of allylic oxidation sites excluding steroid dienone is 1. The maximum atomic E-state index is 13.2. The van der Waals surface area contributed by atoms with Crippen molar-refractivity contribution in [1.29, 1.82) is 5.26 Å². The Labute approximate surface area is 216 Å². The van der Waals surface area contributed by atoms with Gasteiger partial charge in [0.05, 0.1) is 55.8 Å². The standard InChI is InChI=1S/C28H30N4O5/c1-35-22-16-19(12-13-21(22)31-14-8-5-9-15-31)32-25(28(34)37-3)24(27(33)36-2)23(20(17-29)26(32)30)18-10-6-4-7-11-18/h4,6-7,10-13,16,23H,5,8-9,14-15,30H2,1-3H3. The SMILES string of the molecule is COC(=O)C1=C(C(=O)OC)N(c2ccc(N3CCCCC3)c(OC)c2)C(N)=C(C#N)C1c1ccccc1. The molecule has 1 unspecified atom stereocenters. The van der Waals surface area contributed by atoms with Crippen LogP contribution in [0.1, 0.15) is 30.7 Å². The average Bonchev–Trinajstić information content (AvgIpc) is 2.96. The predicted molar refractivity (Wildman–Crippen MR) is 139 cm³/mol. The Kier molecular flexibility index (Phi) is 7.68. The van der Waals surface area contributed by atoms with E-state index in [0.29, 0.717) is 17.0 Å². The number of esters is 2. The van der Waals surface area contributed by atoms with E-state index in [0.717, 1.165) is 31.6 Å². The highest BCUT2D eigenvalue weighted by molar-refractivity contribution is 6.06. The van der Waals surface area contributed by atoms with Crippen molar-refractivity contribution in [3.05, 3.63) is 76.8 Å². The summed E-state index contributed by atoms with van der Waals surface area (Å²) in [6.07, 6.45) is 3.38. The van der Waals surface area contributed by atoms with Crippen molar-refractivity contribution < 1.29 is 23.8 Å². The van der Waals surface area contributed by atoms with Crippen LogP contribution in [0, 0.1) is 11.3 Å². The number of methoxy groups -OCH3 is 3. The number of hydrogen-bond donors (Lipinski definition) is 1. The molecule has 2 N–H and O–H groups in total. The highest BCUT2D eigenvalue weighted by atomic mass is 16.5. The van der Waals surface area contributed by atoms with Gasteiger partial charge in [0.2, 0.25) is 0 Å². The fourth-order valence-corrected chi connectivity index (χ4v) is 4.98. The molecule has 1 saturated heterocycles. The normalized spacial score (nSPS) is 17.8. The predicted octanol–water partition coefficient (Wildman–Crippen LogP) is 3.58. The molecule has 0 radical (unpaired) electrons. The Hall–Kier alpha value is -4.45. The van der Waals surface area contributed by atoms with Crippen LogP contribution in [-0.4, -0.2) is 46.4 Å². The minimum Gasteiger partial charge on any atom is -0.495 e. The molecule has 0 saturated carbocycles. The molecule has 4 rings (SSSR count). The minimum absolute atomic E-state index is 0.0113. The van der Waals surface area contributed by atoms with E-state index in [1.54, 1.807) is 43.5 Å². The fourth-order valence-electron chi connectivity index (χ4n) is 4.98. The lowest BCUT2D eigenvalue weighted by Crippen LogP contribution is -2.40. The molecule has 9 nitrogen and oxygen atoms in total. The molecule has 2 aromatic carbocycles. The summed E-state index contributed by atoms with van der Waals surface area (Å²) in [5.74, 6) is -1.88. The average molecular weight is 503 g/mol. The molecule has 0 amide bonds. The van der Waals surface area contributed by atoms with Crippen LogP contribution in [0.4, 0.5) is 11.4 Å². The van der Waals surface area contributed by atoms with Crippen LogP contribution in [0.3, 0.4) is 0 Å². The summed E-state index contributed by atoms with van der Waals surface area (Å²) in [5.41, 5.74) is 8.52. The summed E-state index contributed by atoms with van der Waals surface area (Å²) < 4.78 is 15.9. The Morgan fingerprint density at radius 2 is 1.65 bits per heavy atom. The molecule has 0 aliphatic carbocycles. The Morgan fingerprint density at radius 1 is 0.973 bits per heavy atom. The maximum Gasteiger partial charge on any atom is 0.355 e. The van der Waals surface area contributed by atoms with E-state index in [1.165, 1.54) is 25.5 Å². The van der Waals surface area contributed by atoms with E-state index in [1.807, 2.05) is 12.1 Å². The van der Waals surface area contributed by atoms with Gasteiger partial charge in [0.25, 0.3) is 0 Å². The zero-order chi connectivity index (χ0) is 26.5. The highest BCUT2D eigenvalue weighted by Gasteiger charge is 2.43. The zero-order valence-corrected chi connectivity index (χ0v) is 21.2. The van der Waals surface area contributed by atoms with Crippen molar-refractivity contribution in [3.63, 3.8) is 0 Å². The molecule has 2 heterocycles. The molecule has 37 heavy (non-hydrogen) atoms. The minimum atomic E-state index is -0.918. The first kappa shape index (κ1) is 25.6. The lowest BCUT2D eigenvalue weighted by Gasteiger charge is -2.36. The second-order valence-corrected chi connectivity index (χ2v) is 8.74. The topological polar surface area (TPSA) is 118 Å². The van der Waals surface area contributed by atoms with Crippen LogP contribution in [0.2, 0.25) is 0 Å². The molecule has 192 valence electrons. The van der Waals surface area contributed by atoms with Crippen molar-refractivity contribution in [2.45, 2.75) is 25.2 Å². The van der Waals surface area contributed by atoms with Crippen LogP contribution < -0.4 is 20.3 Å². The third-order valence-corrected chi connectivity index (χ3v) is 6.73. The molecule has 1 atom stereocenters. The Morgan fingerprint density at radius 3 is 2.24 bits per heavy atom. The van der Waals surface area contributed by atoms with Crippen LogP contribution >= 0.6 is 0 Å². The van der Waals surface area contributed by atoms with Crippen molar-refractivity contribution >= 4 is 23.3 Å². The number of rotatable bonds is 6. The van der Waals surface area contributed by atoms with Crippen molar-refractivity contribution in [2.75, 3.05) is 44.2 Å². The van der Waals surface area contributed by atoms with E-state index in [4.69, 9.17) is 19.9 Å². The maximum absolute atomic E-state index is 13.2. The summed E-state index contributed by atoms with van der Waals surface area (Å²) in [5, 5.41) is 10.2. The van der Waals surface area contributed by atoms with Crippen LogP contribution in [0.25, 0.3) is 0 Å². The van der Waals surface area contributed by atoms with Crippen molar-refractivity contribution in [3.8, 4) is 11.8 Å². The van der Waals surface area contributed by atoms with Gasteiger partial charge in [-0.3, -0.25) is 4.90 Å². The number of carbonyl (C=O) groups excluding carboxylic acids is 2. The van der Waals surface area contributed by atoms with Gasteiger partial charge in [0.15, 0.2) is 0 Å². The Balaban J connectivity index is 1.96. The molecular weight excluding hydrogens is 472 g/mol. The molecule has 2 aromatic rings. The highest BCUT2D eigenvalue weighted by Crippen LogP contribution is 2.44. The van der Waals surface area contributed by atoms with E-state index in [2.05, 4.69) is 11.0 Å². The van der Waals surface area contributed by atoms with E-state index in [9.17, 15) is 14.9 Å². The molecule has 0 bridgehead atoms. The quantitative estimate of drug-likeness (QED) is 0.591. The van der Waals surface area contributed by atoms with Crippen LogP contribution in [0.15, 0.2) is 71.2 Å². The smallest absolute Gasteiger partial charge is 0.355 e. The van der Waals surface area contributed by atoms with Crippen LogP contribution in [-0.2, 0) is 19.1 Å². The van der Waals surface area contributed by atoms with Gasteiger partial charge >= 0.3 is 11.9 Å². The second-order valence-electron chi connectivity index (χ2n) is 8.74. The van der Waals surface area contributed by atoms with Gasteiger partial charge < -0.3 is 24.8 Å². The largest absolute Gasteiger partial charge is 0.495 e. The molecule has 9 heteroatoms. The second kappa shape index (κ2) is 11.1. The number of hydrogen-bond acceptors (Lipinski definition) is 9. The van der Waals surface area contributed by atoms with Gasteiger partial charge in [-0.2, -0.15) is 5.26 Å². The van der Waals surface area contributed by atoms with Crippen molar-refractivity contribution in [2.24, 2.45) is 5.73 Å². The van der Waals surface area contributed by atoms with Gasteiger partial charge in [-0.1, -0.05) is 30.3 Å². The van der Waals surface area contributed by atoms with E-state index >= 15 is 0 Å². The molecule has 0 aromatic heterocycles. The van der Waals surface area contributed by atoms with Gasteiger partial charge in [0, 0.05) is 19.2 Å². The third-order valence-electron chi connectivity index (χ3n) is 6.73. The first-order chi connectivity index (χ1) is 18.0. The van der Waals surface area contributed by atoms with Crippen molar-refractivity contribution in [1.82, 2.24) is 0 Å². The Bertz CT molecular complexity index is 1290. The lowest BCUT2D eigenvalue weighted by molar-refractivity contribution is -0.139. The number of benzene rings is 2. The first-order valence-corrected chi connectivity index (χ1v) is 12.0. The van der Waals surface area contributed by atoms with E-state index in [-0.39, 0.29) is 22.7 Å². The monoisotopic (exact) mass is 502 g/mol. The van der Waals surface area contributed by atoms with Crippen LogP contribution in [0.5, 0.6) is 5.75 Å². The van der Waals surface area contributed by atoms with E-state index < -0.39 is 17.9 Å².